The van der Waals surface area contributed by atoms with Gasteiger partial charge in [-0.2, -0.15) is 0 Å². The molecule has 0 unspecified atom stereocenters. The molecule has 0 fully saturated rings. The quantitative estimate of drug-likeness (QED) is 0.611. The Bertz CT molecular complexity index is 630. The van der Waals surface area contributed by atoms with Gasteiger partial charge in [0.2, 0.25) is 0 Å². The van der Waals surface area contributed by atoms with E-state index in [0.717, 1.165) is 5.56 Å². The van der Waals surface area contributed by atoms with Crippen LogP contribution in [0.5, 0.6) is 0 Å². The molecule has 1 heterocycles. The molecule has 0 amide bonds. The van der Waals surface area contributed by atoms with Gasteiger partial charge in [0.15, 0.2) is 11.6 Å². The molecule has 2 aromatic rings. The van der Waals surface area contributed by atoms with E-state index in [-0.39, 0.29) is 10.6 Å². The molecule has 0 saturated heterocycles. The minimum atomic E-state index is -0.723. The molecule has 0 aliphatic rings. The molecule has 0 aliphatic carbocycles. The Balaban J connectivity index is 2.54. The number of nitrogens with zero attached hydrogens (tertiary/aromatic N) is 1. The SMILES string of the molecule is Cc1ccncc1C(=O)c1ccc(Br)c(Cl)c1F. The molecule has 0 saturated carbocycles. The zero-order valence-corrected chi connectivity index (χ0v) is 11.7. The second-order valence-electron chi connectivity index (χ2n) is 3.74. The molecule has 0 bridgehead atoms. The van der Waals surface area contributed by atoms with Crippen LogP contribution in [0.25, 0.3) is 0 Å². The van der Waals surface area contributed by atoms with E-state index < -0.39 is 11.6 Å². The normalized spacial score (nSPS) is 10.4. The standard InChI is InChI=1S/C13H8BrClFNO/c1-7-4-5-17-6-9(7)13(18)8-2-3-10(14)11(15)12(8)16/h2-6H,1H3. The Hall–Kier alpha value is -1.26. The lowest BCUT2D eigenvalue weighted by molar-refractivity contribution is 0.103. The van der Waals surface area contributed by atoms with Crippen molar-refractivity contribution in [1.82, 2.24) is 4.98 Å². The molecule has 0 radical (unpaired) electrons. The number of carbonyl (C=O) groups is 1. The number of carbonyl (C=O) groups excluding carboxylic acids is 1. The summed E-state index contributed by atoms with van der Waals surface area (Å²) in [6, 6.07) is 4.65. The first kappa shape index (κ1) is 13.2. The predicted octanol–water partition coefficient (Wildman–Crippen LogP) is 4.18. The van der Waals surface area contributed by atoms with Crippen LogP contribution in [0.15, 0.2) is 35.1 Å². The van der Waals surface area contributed by atoms with Crippen LogP contribution in [0.3, 0.4) is 0 Å². The molecule has 1 aromatic heterocycles. The van der Waals surface area contributed by atoms with Gasteiger partial charge in [0, 0.05) is 22.4 Å². The highest BCUT2D eigenvalue weighted by atomic mass is 79.9. The molecule has 1 aromatic carbocycles. The molecule has 18 heavy (non-hydrogen) atoms. The molecular formula is C13H8BrClFNO. The van der Waals surface area contributed by atoms with Gasteiger partial charge in [-0.05, 0) is 46.6 Å². The lowest BCUT2D eigenvalue weighted by Gasteiger charge is -2.07. The van der Waals surface area contributed by atoms with Crippen LogP contribution in [0.4, 0.5) is 4.39 Å². The van der Waals surface area contributed by atoms with Gasteiger partial charge >= 0.3 is 0 Å². The second kappa shape index (κ2) is 5.16. The highest BCUT2D eigenvalue weighted by Crippen LogP contribution is 2.28. The van der Waals surface area contributed by atoms with E-state index in [2.05, 4.69) is 20.9 Å². The molecule has 92 valence electrons. The average Bonchev–Trinajstić information content (AvgIpc) is 2.36. The third kappa shape index (κ3) is 2.31. The van der Waals surface area contributed by atoms with Crippen LogP contribution in [-0.2, 0) is 0 Å². The summed E-state index contributed by atoms with van der Waals surface area (Å²) in [6.07, 6.45) is 3.00. The van der Waals surface area contributed by atoms with E-state index in [0.29, 0.717) is 10.0 Å². The first-order chi connectivity index (χ1) is 8.52. The topological polar surface area (TPSA) is 30.0 Å². The van der Waals surface area contributed by atoms with Crippen LogP contribution < -0.4 is 0 Å². The molecular weight excluding hydrogens is 321 g/mol. The highest BCUT2D eigenvalue weighted by Gasteiger charge is 2.19. The van der Waals surface area contributed by atoms with Crippen LogP contribution in [0, 0.1) is 12.7 Å². The number of aryl methyl sites for hydroxylation is 1. The minimum absolute atomic E-state index is 0.0562. The van der Waals surface area contributed by atoms with Crippen LogP contribution in [0.1, 0.15) is 21.5 Å². The number of benzene rings is 1. The summed E-state index contributed by atoms with van der Waals surface area (Å²) < 4.78 is 14.3. The number of hydrogen-bond donors (Lipinski definition) is 0. The molecule has 2 rings (SSSR count). The van der Waals surface area contributed by atoms with Gasteiger partial charge in [0.1, 0.15) is 0 Å². The zero-order chi connectivity index (χ0) is 13.3. The minimum Gasteiger partial charge on any atom is -0.288 e. The Morgan fingerprint density at radius 2 is 2.06 bits per heavy atom. The molecule has 0 spiro atoms. The van der Waals surface area contributed by atoms with Gasteiger partial charge < -0.3 is 0 Å². The van der Waals surface area contributed by atoms with Crippen molar-refractivity contribution in [3.63, 3.8) is 0 Å². The number of ketones is 1. The van der Waals surface area contributed by atoms with E-state index in [4.69, 9.17) is 11.6 Å². The van der Waals surface area contributed by atoms with Crippen LogP contribution in [-0.4, -0.2) is 10.8 Å². The van der Waals surface area contributed by atoms with Gasteiger partial charge in [-0.3, -0.25) is 9.78 Å². The highest BCUT2D eigenvalue weighted by molar-refractivity contribution is 9.10. The maximum Gasteiger partial charge on any atom is 0.197 e. The van der Waals surface area contributed by atoms with Gasteiger partial charge in [0.05, 0.1) is 10.6 Å². The van der Waals surface area contributed by atoms with E-state index in [1.807, 2.05) is 0 Å². The lowest BCUT2D eigenvalue weighted by atomic mass is 10.0. The Labute approximate surface area is 117 Å². The number of hydrogen-bond acceptors (Lipinski definition) is 2. The maximum absolute atomic E-state index is 13.9. The zero-order valence-electron chi connectivity index (χ0n) is 9.38. The van der Waals surface area contributed by atoms with Crippen molar-refractivity contribution in [2.75, 3.05) is 0 Å². The lowest BCUT2D eigenvalue weighted by Crippen LogP contribution is -2.07. The molecule has 0 atom stereocenters. The van der Waals surface area contributed by atoms with Gasteiger partial charge in [-0.25, -0.2) is 4.39 Å². The summed E-state index contributed by atoms with van der Waals surface area (Å²) in [4.78, 5) is 16.1. The second-order valence-corrected chi connectivity index (χ2v) is 4.97. The van der Waals surface area contributed by atoms with Crippen molar-refractivity contribution in [3.8, 4) is 0 Å². The van der Waals surface area contributed by atoms with Crippen LogP contribution in [0.2, 0.25) is 5.02 Å². The number of rotatable bonds is 2. The van der Waals surface area contributed by atoms with E-state index >= 15 is 0 Å². The third-order valence-corrected chi connectivity index (χ3v) is 3.82. The van der Waals surface area contributed by atoms with Gasteiger partial charge in [-0.15, -0.1) is 0 Å². The fraction of sp³-hybridized carbons (Fsp3) is 0.0769. The summed E-state index contributed by atoms with van der Waals surface area (Å²) in [6.45, 7) is 1.77. The smallest absolute Gasteiger partial charge is 0.197 e. The van der Waals surface area contributed by atoms with Gasteiger partial charge in [0.25, 0.3) is 0 Å². The molecule has 0 aliphatic heterocycles. The fourth-order valence-electron chi connectivity index (χ4n) is 1.55. The summed E-state index contributed by atoms with van der Waals surface area (Å²) in [7, 11) is 0. The summed E-state index contributed by atoms with van der Waals surface area (Å²) >= 11 is 8.87. The molecule has 2 nitrogen and oxygen atoms in total. The summed E-state index contributed by atoms with van der Waals surface area (Å²) in [5.74, 6) is -1.15. The Kier molecular flexibility index (Phi) is 3.78. The van der Waals surface area contributed by atoms with Crippen LogP contribution >= 0.6 is 27.5 Å². The van der Waals surface area contributed by atoms with Crippen molar-refractivity contribution < 1.29 is 9.18 Å². The fourth-order valence-corrected chi connectivity index (χ4v) is 2.02. The predicted molar refractivity (Wildman–Crippen MR) is 71.5 cm³/mol. The monoisotopic (exact) mass is 327 g/mol. The molecule has 0 N–H and O–H groups in total. The van der Waals surface area contributed by atoms with Crippen molar-refractivity contribution in [3.05, 3.63) is 62.6 Å². The first-order valence-electron chi connectivity index (χ1n) is 5.11. The van der Waals surface area contributed by atoms with Crippen molar-refractivity contribution in [2.45, 2.75) is 6.92 Å². The number of halogens is 3. The van der Waals surface area contributed by atoms with Crippen molar-refractivity contribution in [2.24, 2.45) is 0 Å². The molecule has 5 heteroatoms. The Morgan fingerprint density at radius 3 is 2.72 bits per heavy atom. The first-order valence-corrected chi connectivity index (χ1v) is 6.28. The van der Waals surface area contributed by atoms with Crippen molar-refractivity contribution in [1.29, 1.82) is 0 Å². The van der Waals surface area contributed by atoms with E-state index in [1.165, 1.54) is 12.3 Å². The van der Waals surface area contributed by atoms with E-state index in [9.17, 15) is 9.18 Å². The van der Waals surface area contributed by atoms with Gasteiger partial charge in [-0.1, -0.05) is 11.6 Å². The Morgan fingerprint density at radius 1 is 1.33 bits per heavy atom. The van der Waals surface area contributed by atoms with E-state index in [1.54, 1.807) is 25.3 Å². The summed E-state index contributed by atoms with van der Waals surface area (Å²) in [5, 5.41) is -0.0950. The third-order valence-electron chi connectivity index (χ3n) is 2.56. The van der Waals surface area contributed by atoms with Crippen molar-refractivity contribution >= 4 is 33.3 Å². The largest absolute Gasteiger partial charge is 0.288 e. The number of aromatic nitrogens is 1. The maximum atomic E-state index is 13.9. The average molecular weight is 329 g/mol. The summed E-state index contributed by atoms with van der Waals surface area (Å²) in [5.41, 5.74) is 1.06. The number of pyridine rings is 1.